The molecule has 9 heteroatoms. The minimum Gasteiger partial charge on any atom is -0.508 e. The van der Waals surface area contributed by atoms with Crippen LogP contribution < -0.4 is 11.4 Å². The number of hydrogen-bond donors (Lipinski definition) is 3. The van der Waals surface area contributed by atoms with Crippen molar-refractivity contribution in [1.82, 2.24) is 19.5 Å². The Labute approximate surface area is 166 Å². The molecule has 0 aliphatic heterocycles. The molecule has 0 spiro atoms. The molecule has 1 saturated carbocycles. The normalized spacial score (nSPS) is 19.5. The predicted molar refractivity (Wildman–Crippen MR) is 107 cm³/mol. The summed E-state index contributed by atoms with van der Waals surface area (Å²) in [6, 6.07) is 6.37. The van der Waals surface area contributed by atoms with Crippen LogP contribution in [0.2, 0.25) is 0 Å². The van der Waals surface area contributed by atoms with E-state index in [1.54, 1.807) is 23.8 Å². The standard InChI is InChI=1S/C20H23N5O4/c1-29-10-11-5-7-13(8-6-11)25-19-16(23-20(25)28)15(17(21)27)22-18(24-19)12-3-2-4-14(26)9-12/h2-4,9,11,13,26H,5-8,10H2,1H3,(H2,21,27)(H,23,28)/t11-,13-. The van der Waals surface area contributed by atoms with Gasteiger partial charge in [0.05, 0.1) is 0 Å². The molecule has 9 nitrogen and oxygen atoms in total. The first-order valence-electron chi connectivity index (χ1n) is 9.58. The second-order valence-corrected chi connectivity index (χ2v) is 7.44. The molecule has 4 rings (SSSR count). The van der Waals surface area contributed by atoms with Crippen molar-refractivity contribution in [2.24, 2.45) is 11.7 Å². The number of hydrogen-bond acceptors (Lipinski definition) is 6. The van der Waals surface area contributed by atoms with E-state index in [2.05, 4.69) is 15.0 Å². The number of nitrogens with zero attached hydrogens (tertiary/aromatic N) is 3. The third-order valence-corrected chi connectivity index (χ3v) is 5.49. The smallest absolute Gasteiger partial charge is 0.327 e. The molecule has 1 fully saturated rings. The number of amides is 1. The molecule has 0 atom stereocenters. The lowest BCUT2D eigenvalue weighted by Crippen LogP contribution is -2.27. The maximum absolute atomic E-state index is 12.7. The SMILES string of the molecule is COC[C@H]1CC[C@H](n2c(=O)[nH]c3c(C(N)=O)nc(-c4cccc(O)c4)nc32)CC1. The number of aromatic hydroxyl groups is 1. The van der Waals surface area contributed by atoms with Gasteiger partial charge in [0, 0.05) is 25.3 Å². The molecule has 0 bridgehead atoms. The van der Waals surface area contributed by atoms with E-state index in [4.69, 9.17) is 10.5 Å². The van der Waals surface area contributed by atoms with Crippen LogP contribution >= 0.6 is 0 Å². The molecule has 0 radical (unpaired) electrons. The number of aromatic amines is 1. The van der Waals surface area contributed by atoms with Crippen LogP contribution in [-0.2, 0) is 4.74 Å². The molecular formula is C20H23N5O4. The third kappa shape index (κ3) is 3.61. The highest BCUT2D eigenvalue weighted by Crippen LogP contribution is 2.33. The van der Waals surface area contributed by atoms with Crippen molar-refractivity contribution in [3.63, 3.8) is 0 Å². The van der Waals surface area contributed by atoms with E-state index in [9.17, 15) is 14.7 Å². The molecule has 4 N–H and O–H groups in total. The van der Waals surface area contributed by atoms with Crippen molar-refractivity contribution < 1.29 is 14.6 Å². The Kier molecular flexibility index (Phi) is 5.06. The van der Waals surface area contributed by atoms with E-state index < -0.39 is 5.91 Å². The number of nitrogens with two attached hydrogens (primary N) is 1. The van der Waals surface area contributed by atoms with Crippen molar-refractivity contribution >= 4 is 17.1 Å². The summed E-state index contributed by atoms with van der Waals surface area (Å²) < 4.78 is 6.86. The van der Waals surface area contributed by atoms with Crippen molar-refractivity contribution in [2.45, 2.75) is 31.7 Å². The van der Waals surface area contributed by atoms with Crippen LogP contribution in [0, 0.1) is 5.92 Å². The van der Waals surface area contributed by atoms with Crippen molar-refractivity contribution in [3.8, 4) is 17.1 Å². The quantitative estimate of drug-likeness (QED) is 0.602. The first-order chi connectivity index (χ1) is 14.0. The lowest BCUT2D eigenvalue weighted by molar-refractivity contribution is 0.0997. The Hall–Kier alpha value is -3.20. The number of phenolic OH excluding ortho intramolecular Hbond substituents is 1. The van der Waals surface area contributed by atoms with Crippen molar-refractivity contribution in [3.05, 3.63) is 40.4 Å². The first-order valence-corrected chi connectivity index (χ1v) is 9.58. The largest absolute Gasteiger partial charge is 0.508 e. The number of primary amides is 1. The lowest BCUT2D eigenvalue weighted by Gasteiger charge is -2.28. The zero-order valence-electron chi connectivity index (χ0n) is 16.1. The Morgan fingerprint density at radius 1 is 1.31 bits per heavy atom. The number of nitrogens with one attached hydrogen (secondary N) is 1. The minimum absolute atomic E-state index is 0.0305. The molecule has 3 aromatic rings. The van der Waals surface area contributed by atoms with Crippen LogP contribution in [0.25, 0.3) is 22.6 Å². The van der Waals surface area contributed by atoms with Gasteiger partial charge in [-0.15, -0.1) is 0 Å². The van der Waals surface area contributed by atoms with Gasteiger partial charge in [0.1, 0.15) is 11.3 Å². The summed E-state index contributed by atoms with van der Waals surface area (Å²) in [5, 5.41) is 9.78. The molecular weight excluding hydrogens is 374 g/mol. The van der Waals surface area contributed by atoms with Crippen LogP contribution in [0.1, 0.15) is 42.2 Å². The van der Waals surface area contributed by atoms with Gasteiger partial charge >= 0.3 is 5.69 Å². The van der Waals surface area contributed by atoms with Gasteiger partial charge in [-0.3, -0.25) is 9.36 Å². The van der Waals surface area contributed by atoms with Gasteiger partial charge in [0.15, 0.2) is 17.2 Å². The van der Waals surface area contributed by atoms with E-state index in [0.717, 1.165) is 25.7 Å². The van der Waals surface area contributed by atoms with Gasteiger partial charge in [-0.25, -0.2) is 14.8 Å². The predicted octanol–water partition coefficient (Wildman–Crippen LogP) is 1.97. The summed E-state index contributed by atoms with van der Waals surface area (Å²) in [5.41, 5.74) is 6.27. The fourth-order valence-electron chi connectivity index (χ4n) is 4.10. The monoisotopic (exact) mass is 397 g/mol. The Morgan fingerprint density at radius 2 is 2.07 bits per heavy atom. The molecule has 1 aromatic carbocycles. The van der Waals surface area contributed by atoms with Gasteiger partial charge < -0.3 is 20.6 Å². The van der Waals surface area contributed by atoms with Crippen molar-refractivity contribution in [2.75, 3.05) is 13.7 Å². The summed E-state index contributed by atoms with van der Waals surface area (Å²) in [6.45, 7) is 0.713. The highest BCUT2D eigenvalue weighted by atomic mass is 16.5. The highest BCUT2D eigenvalue weighted by Gasteiger charge is 2.27. The number of fused-ring (bicyclic) bond motifs is 1. The summed E-state index contributed by atoms with van der Waals surface area (Å²) in [4.78, 5) is 36.3. The molecule has 2 heterocycles. The molecule has 152 valence electrons. The number of aromatic nitrogens is 4. The Balaban J connectivity index is 1.83. The molecule has 1 amide bonds. The number of imidazole rings is 1. The van der Waals surface area contributed by atoms with Gasteiger partial charge in [-0.2, -0.15) is 0 Å². The topological polar surface area (TPSA) is 136 Å². The second kappa shape index (κ2) is 7.67. The number of methoxy groups -OCH3 is 1. The van der Waals surface area contributed by atoms with Crippen LogP contribution in [0.5, 0.6) is 5.75 Å². The maximum Gasteiger partial charge on any atom is 0.327 e. The number of ether oxygens (including phenoxy) is 1. The fraction of sp³-hybridized carbons (Fsp3) is 0.400. The average molecular weight is 397 g/mol. The van der Waals surface area contributed by atoms with Gasteiger partial charge in [0.2, 0.25) is 0 Å². The zero-order valence-corrected chi connectivity index (χ0v) is 16.1. The molecule has 2 aromatic heterocycles. The maximum atomic E-state index is 12.7. The van der Waals surface area contributed by atoms with Crippen LogP contribution in [-0.4, -0.2) is 44.2 Å². The van der Waals surface area contributed by atoms with E-state index >= 15 is 0 Å². The lowest BCUT2D eigenvalue weighted by atomic mass is 9.86. The summed E-state index contributed by atoms with van der Waals surface area (Å²) in [5.74, 6) is 0.00425. The number of carbonyl (C=O) groups is 1. The summed E-state index contributed by atoms with van der Waals surface area (Å²) in [7, 11) is 1.70. The molecule has 29 heavy (non-hydrogen) atoms. The van der Waals surface area contributed by atoms with E-state index in [0.29, 0.717) is 23.7 Å². The van der Waals surface area contributed by atoms with Crippen molar-refractivity contribution in [1.29, 1.82) is 0 Å². The highest BCUT2D eigenvalue weighted by molar-refractivity contribution is 6.01. The van der Waals surface area contributed by atoms with E-state index in [-0.39, 0.29) is 34.5 Å². The number of phenols is 1. The average Bonchev–Trinajstić information content (AvgIpc) is 3.03. The zero-order chi connectivity index (χ0) is 20.5. The van der Waals surface area contributed by atoms with E-state index in [1.165, 1.54) is 12.1 Å². The minimum atomic E-state index is -0.754. The Morgan fingerprint density at radius 3 is 2.72 bits per heavy atom. The number of H-pyrrole nitrogens is 1. The number of rotatable bonds is 5. The van der Waals surface area contributed by atoms with Crippen LogP contribution in [0.4, 0.5) is 0 Å². The summed E-state index contributed by atoms with van der Waals surface area (Å²) >= 11 is 0. The van der Waals surface area contributed by atoms with Gasteiger partial charge in [-0.05, 0) is 43.7 Å². The van der Waals surface area contributed by atoms with Crippen LogP contribution in [0.3, 0.4) is 0 Å². The fourth-order valence-corrected chi connectivity index (χ4v) is 4.10. The first kappa shape index (κ1) is 19.1. The molecule has 0 unspecified atom stereocenters. The second-order valence-electron chi connectivity index (χ2n) is 7.44. The number of carbonyl (C=O) groups excluding carboxylic acids is 1. The summed E-state index contributed by atoms with van der Waals surface area (Å²) in [6.07, 6.45) is 3.53. The molecule has 1 aliphatic rings. The molecule has 1 aliphatic carbocycles. The number of benzene rings is 1. The van der Waals surface area contributed by atoms with Crippen LogP contribution in [0.15, 0.2) is 29.1 Å². The Bertz CT molecular complexity index is 1110. The van der Waals surface area contributed by atoms with Gasteiger partial charge in [0.25, 0.3) is 5.91 Å². The third-order valence-electron chi connectivity index (χ3n) is 5.49. The van der Waals surface area contributed by atoms with E-state index in [1.807, 2.05) is 0 Å². The van der Waals surface area contributed by atoms with Gasteiger partial charge in [-0.1, -0.05) is 12.1 Å². The molecule has 0 saturated heterocycles.